The molecule has 0 aliphatic rings. The Bertz CT molecular complexity index is 582. The third-order valence-corrected chi connectivity index (χ3v) is 3.30. The molecule has 1 aromatic rings. The molecule has 0 heterocycles. The maximum atomic E-state index is 11.3. The van der Waals surface area contributed by atoms with Crippen LogP contribution >= 0.6 is 0 Å². The molecule has 126 valence electrons. The lowest BCUT2D eigenvalue weighted by atomic mass is 10.1. The number of carbonyl (C=O) groups is 1. The summed E-state index contributed by atoms with van der Waals surface area (Å²) < 4.78 is 0. The molecule has 0 atom stereocenters. The number of nitro groups is 2. The molecule has 0 aromatic heterocycles. The van der Waals surface area contributed by atoms with Crippen LogP contribution in [0.5, 0.6) is 0 Å². The Kier molecular flexibility index (Phi) is 6.43. The van der Waals surface area contributed by atoms with Gasteiger partial charge in [-0.15, -0.1) is 0 Å². The van der Waals surface area contributed by atoms with Gasteiger partial charge in [0.15, 0.2) is 5.69 Å². The Morgan fingerprint density at radius 1 is 1.09 bits per heavy atom. The van der Waals surface area contributed by atoms with Gasteiger partial charge in [-0.1, -0.05) is 20.3 Å². The van der Waals surface area contributed by atoms with Gasteiger partial charge in [-0.25, -0.2) is 4.79 Å². The molecule has 1 N–H and O–H groups in total. The van der Waals surface area contributed by atoms with Gasteiger partial charge in [0.1, 0.15) is 0 Å². The van der Waals surface area contributed by atoms with Gasteiger partial charge in [0.2, 0.25) is 0 Å². The molecule has 0 radical (unpaired) electrons. The van der Waals surface area contributed by atoms with E-state index in [0.717, 1.165) is 25.0 Å². The molecular weight excluding hydrogens is 306 g/mol. The van der Waals surface area contributed by atoms with E-state index in [2.05, 4.69) is 0 Å². The number of nitrogens with zero attached hydrogens (tertiary/aromatic N) is 3. The van der Waals surface area contributed by atoms with Crippen molar-refractivity contribution >= 4 is 23.0 Å². The number of carboxylic acids is 1. The molecule has 9 nitrogen and oxygen atoms in total. The van der Waals surface area contributed by atoms with Crippen LogP contribution in [-0.2, 0) is 0 Å². The van der Waals surface area contributed by atoms with E-state index < -0.39 is 32.8 Å². The second kappa shape index (κ2) is 8.06. The molecule has 0 saturated carbocycles. The summed E-state index contributed by atoms with van der Waals surface area (Å²) in [5, 5.41) is 31.6. The summed E-state index contributed by atoms with van der Waals surface area (Å²) >= 11 is 0. The van der Waals surface area contributed by atoms with E-state index in [1.807, 2.05) is 13.8 Å². The quantitative estimate of drug-likeness (QED) is 0.545. The van der Waals surface area contributed by atoms with Gasteiger partial charge in [-0.05, 0) is 12.8 Å². The van der Waals surface area contributed by atoms with Crippen LogP contribution in [0.2, 0.25) is 0 Å². The molecule has 0 unspecified atom stereocenters. The molecule has 0 amide bonds. The third-order valence-electron chi connectivity index (χ3n) is 3.30. The average Bonchev–Trinajstić information content (AvgIpc) is 2.49. The second-order valence-corrected chi connectivity index (χ2v) is 5.02. The molecule has 0 bridgehead atoms. The fourth-order valence-corrected chi connectivity index (χ4v) is 2.28. The van der Waals surface area contributed by atoms with E-state index in [1.165, 1.54) is 0 Å². The molecular formula is C14H19N3O6. The predicted molar refractivity (Wildman–Crippen MR) is 84.1 cm³/mol. The number of hydrogen-bond donors (Lipinski definition) is 1. The second-order valence-electron chi connectivity index (χ2n) is 5.02. The lowest BCUT2D eigenvalue weighted by Gasteiger charge is -2.23. The summed E-state index contributed by atoms with van der Waals surface area (Å²) in [5.41, 5.74) is -1.71. The average molecular weight is 325 g/mol. The topological polar surface area (TPSA) is 127 Å². The zero-order valence-corrected chi connectivity index (χ0v) is 13.0. The Balaban J connectivity index is 3.60. The smallest absolute Gasteiger partial charge is 0.336 e. The van der Waals surface area contributed by atoms with Crippen molar-refractivity contribution in [1.82, 2.24) is 0 Å². The molecule has 1 rings (SSSR count). The summed E-state index contributed by atoms with van der Waals surface area (Å²) in [5.74, 6) is -1.45. The first-order valence-electron chi connectivity index (χ1n) is 7.28. The first-order chi connectivity index (χ1) is 10.8. The minimum atomic E-state index is -1.45. The Morgan fingerprint density at radius 3 is 1.96 bits per heavy atom. The van der Waals surface area contributed by atoms with Gasteiger partial charge in [-0.3, -0.25) is 20.2 Å². The fourth-order valence-electron chi connectivity index (χ4n) is 2.28. The summed E-state index contributed by atoms with van der Waals surface area (Å²) in [4.78, 5) is 33.7. The molecule has 0 saturated heterocycles. The van der Waals surface area contributed by atoms with Gasteiger partial charge in [0, 0.05) is 25.2 Å². The summed E-state index contributed by atoms with van der Waals surface area (Å²) in [6.45, 7) is 4.65. The van der Waals surface area contributed by atoms with Gasteiger partial charge in [0.25, 0.3) is 0 Å². The van der Waals surface area contributed by atoms with Crippen LogP contribution in [0.25, 0.3) is 0 Å². The van der Waals surface area contributed by atoms with Crippen LogP contribution in [0.4, 0.5) is 17.1 Å². The molecule has 1 aromatic carbocycles. The molecule has 0 fully saturated rings. The van der Waals surface area contributed by atoms with Crippen molar-refractivity contribution in [3.05, 3.63) is 37.9 Å². The van der Waals surface area contributed by atoms with Crippen LogP contribution in [-0.4, -0.2) is 34.0 Å². The summed E-state index contributed by atoms with van der Waals surface area (Å²) in [6.07, 6.45) is 2.20. The maximum absolute atomic E-state index is 11.3. The summed E-state index contributed by atoms with van der Waals surface area (Å²) in [6, 6.07) is 1.75. The zero-order valence-electron chi connectivity index (χ0n) is 13.0. The normalized spacial score (nSPS) is 10.3. The molecule has 0 spiro atoms. The minimum Gasteiger partial charge on any atom is -0.478 e. The van der Waals surface area contributed by atoms with Crippen molar-refractivity contribution in [2.45, 2.75) is 33.1 Å². The first kappa shape index (κ1) is 18.3. The largest absolute Gasteiger partial charge is 0.478 e. The maximum Gasteiger partial charge on any atom is 0.336 e. The molecule has 9 heteroatoms. The number of anilines is 1. The van der Waals surface area contributed by atoms with Crippen molar-refractivity contribution in [1.29, 1.82) is 0 Å². The van der Waals surface area contributed by atoms with Crippen molar-refractivity contribution in [2.75, 3.05) is 18.0 Å². The number of rotatable bonds is 9. The standard InChI is InChI=1S/C14H19N3O6/c1-3-5-7-15(6-4-2)13-11(16(20)21)8-10(14(18)19)9-12(13)17(22)23/h8-9H,3-7H2,1-2H3,(H,18,19). The highest BCUT2D eigenvalue weighted by Crippen LogP contribution is 2.39. The molecule has 0 aliphatic heterocycles. The van der Waals surface area contributed by atoms with E-state index >= 15 is 0 Å². The molecule has 0 aliphatic carbocycles. The monoisotopic (exact) mass is 325 g/mol. The predicted octanol–water partition coefficient (Wildman–Crippen LogP) is 3.22. The van der Waals surface area contributed by atoms with Crippen molar-refractivity contribution < 1.29 is 19.7 Å². The van der Waals surface area contributed by atoms with E-state index in [9.17, 15) is 25.0 Å². The number of carboxylic acid groups (broad SMARTS) is 1. The van der Waals surface area contributed by atoms with Crippen molar-refractivity contribution in [3.8, 4) is 0 Å². The van der Waals surface area contributed by atoms with Gasteiger partial charge in [0.05, 0.1) is 15.4 Å². The van der Waals surface area contributed by atoms with Gasteiger partial charge >= 0.3 is 17.3 Å². The number of aromatic carboxylic acids is 1. The van der Waals surface area contributed by atoms with Crippen LogP contribution < -0.4 is 4.90 Å². The van der Waals surface area contributed by atoms with E-state index in [1.54, 1.807) is 4.90 Å². The van der Waals surface area contributed by atoms with Crippen LogP contribution in [0.3, 0.4) is 0 Å². The van der Waals surface area contributed by atoms with Gasteiger partial charge < -0.3 is 10.0 Å². The Labute approximate surface area is 132 Å². The van der Waals surface area contributed by atoms with Crippen molar-refractivity contribution in [3.63, 3.8) is 0 Å². The third kappa shape index (κ3) is 4.38. The number of nitro benzene ring substituents is 2. The SMILES string of the molecule is CCCCN(CCC)c1c([N+](=O)[O-])cc(C(=O)O)cc1[N+](=O)[O-]. The van der Waals surface area contributed by atoms with Crippen molar-refractivity contribution in [2.24, 2.45) is 0 Å². The van der Waals surface area contributed by atoms with Crippen LogP contribution in [0.1, 0.15) is 43.5 Å². The highest BCUT2D eigenvalue weighted by molar-refractivity contribution is 5.92. The zero-order chi connectivity index (χ0) is 17.6. The lowest BCUT2D eigenvalue weighted by molar-refractivity contribution is -0.392. The summed E-state index contributed by atoms with van der Waals surface area (Å²) in [7, 11) is 0. The highest BCUT2D eigenvalue weighted by Gasteiger charge is 2.31. The number of unbranched alkanes of at least 4 members (excludes halogenated alkanes) is 1. The number of benzene rings is 1. The van der Waals surface area contributed by atoms with Gasteiger partial charge in [-0.2, -0.15) is 0 Å². The fraction of sp³-hybridized carbons (Fsp3) is 0.500. The molecule has 23 heavy (non-hydrogen) atoms. The minimum absolute atomic E-state index is 0.125. The Morgan fingerprint density at radius 2 is 1.61 bits per heavy atom. The van der Waals surface area contributed by atoms with E-state index in [4.69, 9.17) is 5.11 Å². The lowest BCUT2D eigenvalue weighted by Crippen LogP contribution is -2.27. The highest BCUT2D eigenvalue weighted by atomic mass is 16.6. The van der Waals surface area contributed by atoms with E-state index in [-0.39, 0.29) is 5.69 Å². The Hall–Kier alpha value is -2.71. The number of hydrogen-bond acceptors (Lipinski definition) is 6. The van der Waals surface area contributed by atoms with E-state index in [0.29, 0.717) is 19.5 Å². The van der Waals surface area contributed by atoms with Crippen LogP contribution in [0.15, 0.2) is 12.1 Å². The first-order valence-corrected chi connectivity index (χ1v) is 7.28. The van der Waals surface area contributed by atoms with Crippen LogP contribution in [0, 0.1) is 20.2 Å².